The first kappa shape index (κ1) is 11.9. The highest BCUT2D eigenvalue weighted by atomic mass is 35.5. The van der Waals surface area contributed by atoms with Crippen LogP contribution in [-0.4, -0.2) is 22.3 Å². The number of anilines is 1. The molecule has 0 spiro atoms. The second-order valence-corrected chi connectivity index (χ2v) is 4.82. The third-order valence-corrected chi connectivity index (χ3v) is 3.34. The van der Waals surface area contributed by atoms with Crippen LogP contribution >= 0.6 is 23.2 Å². The number of nitrogens with two attached hydrogens (primary N) is 1. The summed E-state index contributed by atoms with van der Waals surface area (Å²) in [6.45, 7) is 0. The summed E-state index contributed by atoms with van der Waals surface area (Å²) in [5.74, 6) is 0. The van der Waals surface area contributed by atoms with Crippen LogP contribution in [-0.2, 0) is 0 Å². The van der Waals surface area contributed by atoms with E-state index in [1.807, 2.05) is 0 Å². The maximum Gasteiger partial charge on any atom is 0.174 e. The van der Waals surface area contributed by atoms with E-state index < -0.39 is 0 Å². The number of nitrogens with zero attached hydrogens (tertiary/aromatic N) is 2. The van der Waals surface area contributed by atoms with Crippen LogP contribution in [0.25, 0.3) is 0 Å². The highest BCUT2D eigenvalue weighted by Crippen LogP contribution is 2.25. The van der Waals surface area contributed by atoms with Gasteiger partial charge in [0.1, 0.15) is 0 Å². The van der Waals surface area contributed by atoms with Crippen LogP contribution in [0.2, 0.25) is 10.3 Å². The molecule has 0 aromatic carbocycles. The van der Waals surface area contributed by atoms with Gasteiger partial charge in [0.05, 0.1) is 5.69 Å². The molecule has 4 nitrogen and oxygen atoms in total. The van der Waals surface area contributed by atoms with Gasteiger partial charge in [-0.2, -0.15) is 0 Å². The smallest absolute Gasteiger partial charge is 0.174 e. The first-order valence-electron chi connectivity index (χ1n) is 5.37. The zero-order valence-electron chi connectivity index (χ0n) is 8.79. The Balaban J connectivity index is 2.10. The molecule has 3 N–H and O–H groups in total. The molecule has 2 rings (SSSR count). The van der Waals surface area contributed by atoms with Crippen LogP contribution in [0.15, 0.2) is 6.07 Å². The summed E-state index contributed by atoms with van der Waals surface area (Å²) in [5.41, 5.74) is 6.75. The monoisotopic (exact) mass is 260 g/mol. The summed E-state index contributed by atoms with van der Waals surface area (Å²) in [6.07, 6.45) is 4.48. The Hall–Kier alpha value is -0.580. The number of aromatic nitrogens is 2. The third kappa shape index (κ3) is 2.75. The number of halogens is 2. The maximum absolute atomic E-state index is 6.04. The molecule has 2 atom stereocenters. The van der Waals surface area contributed by atoms with Gasteiger partial charge in [-0.05, 0) is 12.8 Å². The Bertz CT molecular complexity index is 372. The molecular weight excluding hydrogens is 247 g/mol. The van der Waals surface area contributed by atoms with Crippen LogP contribution in [0.3, 0.4) is 0 Å². The van der Waals surface area contributed by atoms with E-state index in [1.165, 1.54) is 12.8 Å². The first-order chi connectivity index (χ1) is 7.66. The van der Waals surface area contributed by atoms with Gasteiger partial charge in [-0.15, -0.1) is 10.2 Å². The highest BCUT2D eigenvalue weighted by molar-refractivity contribution is 6.33. The topological polar surface area (TPSA) is 63.8 Å². The van der Waals surface area contributed by atoms with Crippen molar-refractivity contribution in [2.45, 2.75) is 37.8 Å². The Labute approximate surface area is 105 Å². The standard InChI is InChI=1S/C10H14Cl2N4/c11-9-5-8(10(12)16-15-9)14-7-4-2-1-3-6(7)13/h5-7H,1-4,13H2,(H,14,15)/t6-,7-/m1/s1. The van der Waals surface area contributed by atoms with E-state index in [-0.39, 0.29) is 12.1 Å². The van der Waals surface area contributed by atoms with Crippen molar-refractivity contribution in [3.63, 3.8) is 0 Å². The first-order valence-corrected chi connectivity index (χ1v) is 6.13. The summed E-state index contributed by atoms with van der Waals surface area (Å²) in [5, 5.41) is 11.4. The molecule has 1 saturated carbocycles. The number of hydrogen-bond donors (Lipinski definition) is 2. The highest BCUT2D eigenvalue weighted by Gasteiger charge is 2.22. The molecule has 0 radical (unpaired) electrons. The second kappa shape index (κ2) is 5.17. The molecule has 1 aliphatic rings. The second-order valence-electron chi connectivity index (χ2n) is 4.07. The lowest BCUT2D eigenvalue weighted by molar-refractivity contribution is 0.404. The van der Waals surface area contributed by atoms with Gasteiger partial charge < -0.3 is 11.1 Å². The molecule has 0 aliphatic heterocycles. The minimum absolute atomic E-state index is 0.164. The van der Waals surface area contributed by atoms with Crippen LogP contribution < -0.4 is 11.1 Å². The van der Waals surface area contributed by atoms with Crippen LogP contribution in [0.1, 0.15) is 25.7 Å². The molecule has 0 amide bonds. The minimum atomic E-state index is 0.164. The summed E-state index contributed by atoms with van der Waals surface area (Å²) in [7, 11) is 0. The molecule has 16 heavy (non-hydrogen) atoms. The lowest BCUT2D eigenvalue weighted by Crippen LogP contribution is -2.42. The number of hydrogen-bond acceptors (Lipinski definition) is 4. The zero-order valence-corrected chi connectivity index (χ0v) is 10.3. The Morgan fingerprint density at radius 2 is 2.00 bits per heavy atom. The zero-order chi connectivity index (χ0) is 11.5. The maximum atomic E-state index is 6.04. The lowest BCUT2D eigenvalue weighted by atomic mass is 9.91. The van der Waals surface area contributed by atoms with Crippen LogP contribution in [0.4, 0.5) is 5.69 Å². The van der Waals surface area contributed by atoms with E-state index in [1.54, 1.807) is 6.07 Å². The van der Waals surface area contributed by atoms with Gasteiger partial charge in [0.25, 0.3) is 0 Å². The summed E-state index contributed by atoms with van der Waals surface area (Å²) in [4.78, 5) is 0. The van der Waals surface area contributed by atoms with Crippen molar-refractivity contribution in [2.24, 2.45) is 5.73 Å². The van der Waals surface area contributed by atoms with Gasteiger partial charge >= 0.3 is 0 Å². The van der Waals surface area contributed by atoms with Crippen LogP contribution in [0.5, 0.6) is 0 Å². The van der Waals surface area contributed by atoms with Crippen molar-refractivity contribution in [1.29, 1.82) is 0 Å². The molecule has 1 aliphatic carbocycles. The fourth-order valence-corrected chi connectivity index (χ4v) is 2.29. The Morgan fingerprint density at radius 3 is 2.75 bits per heavy atom. The van der Waals surface area contributed by atoms with Crippen molar-refractivity contribution in [2.75, 3.05) is 5.32 Å². The van der Waals surface area contributed by atoms with Gasteiger partial charge in [0, 0.05) is 18.2 Å². The molecule has 1 heterocycles. The van der Waals surface area contributed by atoms with Crippen molar-refractivity contribution in [1.82, 2.24) is 10.2 Å². The predicted octanol–water partition coefficient (Wildman–Crippen LogP) is 2.47. The van der Waals surface area contributed by atoms with E-state index in [0.717, 1.165) is 12.8 Å². The average Bonchev–Trinajstić information content (AvgIpc) is 2.27. The van der Waals surface area contributed by atoms with Crippen LogP contribution in [0, 0.1) is 0 Å². The van der Waals surface area contributed by atoms with E-state index in [9.17, 15) is 0 Å². The molecule has 0 bridgehead atoms. The van der Waals surface area contributed by atoms with Crippen molar-refractivity contribution in [3.8, 4) is 0 Å². The van der Waals surface area contributed by atoms with Gasteiger partial charge in [0.2, 0.25) is 0 Å². The SMILES string of the molecule is N[C@@H]1CCCC[C@H]1Nc1cc(Cl)nnc1Cl. The largest absolute Gasteiger partial charge is 0.378 e. The van der Waals surface area contributed by atoms with E-state index in [0.29, 0.717) is 16.0 Å². The van der Waals surface area contributed by atoms with Gasteiger partial charge in [-0.3, -0.25) is 0 Å². The molecule has 0 saturated heterocycles. The number of rotatable bonds is 2. The molecular formula is C10H14Cl2N4. The molecule has 1 aromatic heterocycles. The molecule has 88 valence electrons. The molecule has 0 unspecified atom stereocenters. The lowest BCUT2D eigenvalue weighted by Gasteiger charge is -2.30. The third-order valence-electron chi connectivity index (χ3n) is 2.88. The van der Waals surface area contributed by atoms with Gasteiger partial charge in [-0.1, -0.05) is 36.0 Å². The summed E-state index contributed by atoms with van der Waals surface area (Å²) < 4.78 is 0. The summed E-state index contributed by atoms with van der Waals surface area (Å²) >= 11 is 11.7. The fourth-order valence-electron chi connectivity index (χ4n) is 1.99. The van der Waals surface area contributed by atoms with Crippen molar-refractivity contribution >= 4 is 28.9 Å². The normalized spacial score (nSPS) is 25.4. The fraction of sp³-hybridized carbons (Fsp3) is 0.600. The summed E-state index contributed by atoms with van der Waals surface area (Å²) in [6, 6.07) is 2.08. The average molecular weight is 261 g/mol. The minimum Gasteiger partial charge on any atom is -0.378 e. The van der Waals surface area contributed by atoms with Gasteiger partial charge in [0.15, 0.2) is 10.3 Å². The number of nitrogens with one attached hydrogen (secondary N) is 1. The predicted molar refractivity (Wildman–Crippen MR) is 65.9 cm³/mol. The molecule has 6 heteroatoms. The van der Waals surface area contributed by atoms with E-state index in [2.05, 4.69) is 15.5 Å². The Morgan fingerprint density at radius 1 is 1.25 bits per heavy atom. The van der Waals surface area contributed by atoms with Crippen molar-refractivity contribution < 1.29 is 0 Å². The Kier molecular flexibility index (Phi) is 3.84. The molecule has 1 fully saturated rings. The van der Waals surface area contributed by atoms with E-state index in [4.69, 9.17) is 28.9 Å². The molecule has 1 aromatic rings. The van der Waals surface area contributed by atoms with E-state index >= 15 is 0 Å². The van der Waals surface area contributed by atoms with Crippen molar-refractivity contribution in [3.05, 3.63) is 16.4 Å². The van der Waals surface area contributed by atoms with Gasteiger partial charge in [-0.25, -0.2) is 0 Å². The quantitative estimate of drug-likeness (QED) is 0.858.